The fourth-order valence-corrected chi connectivity index (χ4v) is 2.83. The van der Waals surface area contributed by atoms with Crippen LogP contribution in [0.4, 0.5) is 11.6 Å². The minimum absolute atomic E-state index is 0.0233. The molecular formula is C12H13ClN4O2S. The number of anilines is 2. The maximum absolute atomic E-state index is 12.2. The summed E-state index contributed by atoms with van der Waals surface area (Å²) in [4.78, 5) is 7.87. The molecule has 0 spiro atoms. The molecule has 0 radical (unpaired) electrons. The van der Waals surface area contributed by atoms with Gasteiger partial charge in [0, 0.05) is 19.4 Å². The second-order valence-electron chi connectivity index (χ2n) is 4.08. The predicted molar refractivity (Wildman–Crippen MR) is 78.6 cm³/mol. The Morgan fingerprint density at radius 1 is 1.25 bits per heavy atom. The van der Waals surface area contributed by atoms with Crippen LogP contribution in [0.2, 0.25) is 5.02 Å². The Morgan fingerprint density at radius 3 is 2.60 bits per heavy atom. The van der Waals surface area contributed by atoms with Crippen molar-refractivity contribution in [2.45, 2.75) is 11.8 Å². The van der Waals surface area contributed by atoms with E-state index in [4.69, 9.17) is 11.6 Å². The van der Waals surface area contributed by atoms with Gasteiger partial charge in [0.15, 0.2) is 0 Å². The molecule has 2 rings (SSSR count). The number of nitrogens with one attached hydrogen (secondary N) is 2. The third-order valence-electron chi connectivity index (χ3n) is 2.52. The zero-order valence-electron chi connectivity index (χ0n) is 10.9. The van der Waals surface area contributed by atoms with E-state index in [2.05, 4.69) is 20.0 Å². The number of pyridine rings is 2. The minimum atomic E-state index is -3.76. The molecule has 20 heavy (non-hydrogen) atoms. The highest BCUT2D eigenvalue weighted by molar-refractivity contribution is 7.92. The van der Waals surface area contributed by atoms with Crippen molar-refractivity contribution in [1.82, 2.24) is 9.97 Å². The highest BCUT2D eigenvalue weighted by Gasteiger charge is 2.17. The maximum atomic E-state index is 12.2. The van der Waals surface area contributed by atoms with Gasteiger partial charge < -0.3 is 5.32 Å². The van der Waals surface area contributed by atoms with E-state index in [0.717, 1.165) is 5.56 Å². The Balaban J connectivity index is 2.33. The molecule has 2 heterocycles. The maximum Gasteiger partial charge on any atom is 0.264 e. The van der Waals surface area contributed by atoms with Gasteiger partial charge in [-0.15, -0.1) is 0 Å². The molecule has 0 aliphatic carbocycles. The van der Waals surface area contributed by atoms with Crippen LogP contribution in [0, 0.1) is 6.92 Å². The van der Waals surface area contributed by atoms with Crippen LogP contribution in [0.1, 0.15) is 5.56 Å². The molecule has 6 nitrogen and oxygen atoms in total. The molecule has 0 aromatic carbocycles. The van der Waals surface area contributed by atoms with Crippen LogP contribution < -0.4 is 10.0 Å². The number of aromatic nitrogens is 2. The molecule has 0 unspecified atom stereocenters. The number of halogens is 1. The Bertz CT molecular complexity index is 734. The van der Waals surface area contributed by atoms with Crippen molar-refractivity contribution in [2.24, 2.45) is 0 Å². The van der Waals surface area contributed by atoms with Crippen LogP contribution in [0.25, 0.3) is 0 Å². The zero-order chi connectivity index (χ0) is 14.8. The fourth-order valence-electron chi connectivity index (χ4n) is 1.54. The Kier molecular flexibility index (Phi) is 4.10. The first-order valence-corrected chi connectivity index (χ1v) is 7.57. The van der Waals surface area contributed by atoms with Gasteiger partial charge in [-0.05, 0) is 30.7 Å². The molecule has 0 bridgehead atoms. The molecule has 0 atom stereocenters. The lowest BCUT2D eigenvalue weighted by Gasteiger charge is -2.09. The molecule has 0 aliphatic heterocycles. The van der Waals surface area contributed by atoms with Gasteiger partial charge in [0.25, 0.3) is 10.0 Å². The minimum Gasteiger partial charge on any atom is -0.372 e. The van der Waals surface area contributed by atoms with Crippen molar-refractivity contribution >= 4 is 33.3 Å². The largest absolute Gasteiger partial charge is 0.372 e. The molecule has 0 amide bonds. The normalized spacial score (nSPS) is 11.2. The molecule has 2 N–H and O–H groups in total. The summed E-state index contributed by atoms with van der Waals surface area (Å²) < 4.78 is 26.8. The Hall–Kier alpha value is -1.86. The van der Waals surface area contributed by atoms with Crippen LogP contribution in [0.15, 0.2) is 35.5 Å². The van der Waals surface area contributed by atoms with Gasteiger partial charge in [-0.3, -0.25) is 4.72 Å². The lowest BCUT2D eigenvalue weighted by atomic mass is 10.3. The first kappa shape index (κ1) is 14.5. The summed E-state index contributed by atoms with van der Waals surface area (Å²) in [6, 6.07) is 4.74. The van der Waals surface area contributed by atoms with E-state index in [1.807, 2.05) is 6.92 Å². The third kappa shape index (κ3) is 3.17. The first-order chi connectivity index (χ1) is 9.42. The average Bonchev–Trinajstić information content (AvgIpc) is 2.38. The van der Waals surface area contributed by atoms with Gasteiger partial charge in [0.2, 0.25) is 0 Å². The van der Waals surface area contributed by atoms with Gasteiger partial charge in [-0.25, -0.2) is 18.4 Å². The van der Waals surface area contributed by atoms with Gasteiger partial charge in [0.1, 0.15) is 16.5 Å². The molecule has 0 fully saturated rings. The van der Waals surface area contributed by atoms with E-state index in [-0.39, 0.29) is 15.7 Å². The topological polar surface area (TPSA) is 84.0 Å². The quantitative estimate of drug-likeness (QED) is 0.905. The average molecular weight is 313 g/mol. The summed E-state index contributed by atoms with van der Waals surface area (Å²) in [5.74, 6) is 0.665. The van der Waals surface area contributed by atoms with E-state index < -0.39 is 10.0 Å². The lowest BCUT2D eigenvalue weighted by Crippen LogP contribution is -2.14. The Labute approximate surface area is 122 Å². The van der Waals surface area contributed by atoms with Crippen molar-refractivity contribution in [3.63, 3.8) is 0 Å². The molecule has 0 aliphatic rings. The van der Waals surface area contributed by atoms with Gasteiger partial charge in [-0.1, -0.05) is 11.6 Å². The zero-order valence-corrected chi connectivity index (χ0v) is 12.5. The van der Waals surface area contributed by atoms with Gasteiger partial charge in [0.05, 0.1) is 5.02 Å². The number of rotatable bonds is 4. The molecular weight excluding hydrogens is 300 g/mol. The standard InChI is InChI=1S/C12H13ClN4O2S/c1-8-3-4-15-11(5-8)17-20(18,19)9-6-10(13)12(14-2)16-7-9/h3-7H,1-2H3,(H,14,16)(H,15,17). The van der Waals surface area contributed by atoms with Crippen molar-refractivity contribution in [3.8, 4) is 0 Å². The number of hydrogen-bond acceptors (Lipinski definition) is 5. The molecule has 106 valence electrons. The SMILES string of the molecule is CNc1ncc(S(=O)(=O)Nc2cc(C)ccn2)cc1Cl. The van der Waals surface area contributed by atoms with Crippen LogP contribution >= 0.6 is 11.6 Å². The number of hydrogen-bond donors (Lipinski definition) is 2. The summed E-state index contributed by atoms with van der Waals surface area (Å²) >= 11 is 5.93. The summed E-state index contributed by atoms with van der Waals surface area (Å²) in [5.41, 5.74) is 0.902. The molecule has 0 saturated heterocycles. The van der Waals surface area contributed by atoms with Gasteiger partial charge >= 0.3 is 0 Å². The van der Waals surface area contributed by atoms with Crippen LogP contribution in [0.5, 0.6) is 0 Å². The second-order valence-corrected chi connectivity index (χ2v) is 6.16. The van der Waals surface area contributed by atoms with E-state index in [0.29, 0.717) is 5.82 Å². The number of nitrogens with zero attached hydrogens (tertiary/aromatic N) is 2. The smallest absolute Gasteiger partial charge is 0.264 e. The van der Waals surface area contributed by atoms with E-state index in [1.165, 1.54) is 18.5 Å². The van der Waals surface area contributed by atoms with E-state index >= 15 is 0 Å². The first-order valence-electron chi connectivity index (χ1n) is 5.71. The highest BCUT2D eigenvalue weighted by atomic mass is 35.5. The highest BCUT2D eigenvalue weighted by Crippen LogP contribution is 2.23. The lowest BCUT2D eigenvalue weighted by molar-refractivity contribution is 0.600. The molecule has 2 aromatic heterocycles. The van der Waals surface area contributed by atoms with Crippen molar-refractivity contribution in [3.05, 3.63) is 41.2 Å². The summed E-state index contributed by atoms with van der Waals surface area (Å²) in [7, 11) is -2.11. The fraction of sp³-hybridized carbons (Fsp3) is 0.167. The van der Waals surface area contributed by atoms with Crippen LogP contribution in [-0.2, 0) is 10.0 Å². The van der Waals surface area contributed by atoms with E-state index in [1.54, 1.807) is 19.2 Å². The number of sulfonamides is 1. The molecule has 0 saturated carbocycles. The van der Waals surface area contributed by atoms with Crippen LogP contribution in [-0.4, -0.2) is 25.4 Å². The van der Waals surface area contributed by atoms with Crippen molar-refractivity contribution < 1.29 is 8.42 Å². The summed E-state index contributed by atoms with van der Waals surface area (Å²) in [5, 5.41) is 2.99. The van der Waals surface area contributed by atoms with Gasteiger partial charge in [-0.2, -0.15) is 0 Å². The second kappa shape index (κ2) is 5.64. The molecule has 2 aromatic rings. The van der Waals surface area contributed by atoms with Crippen molar-refractivity contribution in [2.75, 3.05) is 17.1 Å². The van der Waals surface area contributed by atoms with Crippen LogP contribution in [0.3, 0.4) is 0 Å². The number of aryl methyl sites for hydroxylation is 1. The summed E-state index contributed by atoms with van der Waals surface area (Å²) in [6.45, 7) is 1.85. The van der Waals surface area contributed by atoms with E-state index in [9.17, 15) is 8.42 Å². The molecule has 8 heteroatoms. The monoisotopic (exact) mass is 312 g/mol. The van der Waals surface area contributed by atoms with Crippen molar-refractivity contribution in [1.29, 1.82) is 0 Å². The summed E-state index contributed by atoms with van der Waals surface area (Å²) in [6.07, 6.45) is 2.76. The third-order valence-corrected chi connectivity index (χ3v) is 4.13. The Morgan fingerprint density at radius 2 is 2.00 bits per heavy atom. The predicted octanol–water partition coefficient (Wildman–Crippen LogP) is 2.28.